The summed E-state index contributed by atoms with van der Waals surface area (Å²) >= 11 is 5.86. The maximum atomic E-state index is 12.0. The normalized spacial score (nSPS) is 14.0. The number of hydrogen-bond acceptors (Lipinski definition) is 2. The minimum Gasteiger partial charge on any atom is -0.383 e. The summed E-state index contributed by atoms with van der Waals surface area (Å²) in [6.45, 7) is 3.48. The van der Waals surface area contributed by atoms with Crippen LogP contribution < -0.4 is 5.73 Å². The standard InChI is InChI=1S/C10H15ClF3N3/c1-6(4-3-5-10(12,13)14)17-9(15)8(11)7(2)16-17/h6H,3-5,15H2,1-2H3. The van der Waals surface area contributed by atoms with E-state index >= 15 is 0 Å². The number of nitrogens with zero attached hydrogens (tertiary/aromatic N) is 2. The van der Waals surface area contributed by atoms with Gasteiger partial charge in [0.2, 0.25) is 0 Å². The average Bonchev–Trinajstić information content (AvgIpc) is 2.44. The van der Waals surface area contributed by atoms with Crippen molar-refractivity contribution in [2.75, 3.05) is 5.73 Å². The smallest absolute Gasteiger partial charge is 0.383 e. The number of nitrogen functional groups attached to an aromatic ring is 1. The molecule has 1 atom stereocenters. The van der Waals surface area contributed by atoms with Crippen LogP contribution in [0.3, 0.4) is 0 Å². The van der Waals surface area contributed by atoms with E-state index in [9.17, 15) is 13.2 Å². The van der Waals surface area contributed by atoms with Crippen LogP contribution in [0.25, 0.3) is 0 Å². The molecule has 3 nitrogen and oxygen atoms in total. The van der Waals surface area contributed by atoms with Crippen molar-refractivity contribution in [2.45, 2.75) is 45.3 Å². The van der Waals surface area contributed by atoms with Crippen molar-refractivity contribution in [1.29, 1.82) is 0 Å². The predicted molar refractivity (Wildman–Crippen MR) is 61.0 cm³/mol. The van der Waals surface area contributed by atoms with Gasteiger partial charge in [0, 0.05) is 6.42 Å². The molecule has 17 heavy (non-hydrogen) atoms. The third-order valence-electron chi connectivity index (χ3n) is 2.55. The summed E-state index contributed by atoms with van der Waals surface area (Å²) in [5.74, 6) is 0.309. The van der Waals surface area contributed by atoms with E-state index in [0.717, 1.165) is 0 Å². The van der Waals surface area contributed by atoms with Gasteiger partial charge in [-0.2, -0.15) is 18.3 Å². The molecule has 2 N–H and O–H groups in total. The first-order valence-electron chi connectivity index (χ1n) is 5.29. The molecule has 0 aliphatic carbocycles. The molecule has 0 aliphatic rings. The maximum absolute atomic E-state index is 12.0. The van der Waals surface area contributed by atoms with Gasteiger partial charge < -0.3 is 5.73 Å². The van der Waals surface area contributed by atoms with E-state index in [4.69, 9.17) is 17.3 Å². The molecule has 1 heterocycles. The average molecular weight is 270 g/mol. The third kappa shape index (κ3) is 3.80. The first-order chi connectivity index (χ1) is 7.72. The molecule has 0 radical (unpaired) electrons. The second kappa shape index (κ2) is 5.16. The lowest BCUT2D eigenvalue weighted by atomic mass is 10.1. The molecule has 0 bridgehead atoms. The van der Waals surface area contributed by atoms with Gasteiger partial charge in [-0.1, -0.05) is 11.6 Å². The lowest BCUT2D eigenvalue weighted by Crippen LogP contribution is -2.12. The summed E-state index contributed by atoms with van der Waals surface area (Å²) in [6, 6.07) is -0.191. The zero-order valence-corrected chi connectivity index (χ0v) is 10.4. The topological polar surface area (TPSA) is 43.8 Å². The van der Waals surface area contributed by atoms with Gasteiger partial charge in [-0.15, -0.1) is 0 Å². The number of rotatable bonds is 4. The van der Waals surface area contributed by atoms with Gasteiger partial charge in [0.15, 0.2) is 0 Å². The minimum absolute atomic E-state index is 0.0562. The molecule has 7 heteroatoms. The minimum atomic E-state index is -4.11. The van der Waals surface area contributed by atoms with Crippen LogP contribution in [0.1, 0.15) is 37.9 Å². The Hall–Kier alpha value is -0.910. The Morgan fingerprint density at radius 3 is 2.47 bits per heavy atom. The summed E-state index contributed by atoms with van der Waals surface area (Å²) < 4.78 is 37.4. The summed E-state index contributed by atoms with van der Waals surface area (Å²) in [6.07, 6.45) is -4.48. The van der Waals surface area contributed by atoms with Gasteiger partial charge in [0.1, 0.15) is 10.8 Å². The summed E-state index contributed by atoms with van der Waals surface area (Å²) in [5, 5.41) is 4.47. The highest BCUT2D eigenvalue weighted by Crippen LogP contribution is 2.29. The number of alkyl halides is 3. The van der Waals surface area contributed by atoms with Gasteiger partial charge in [-0.25, -0.2) is 4.68 Å². The Morgan fingerprint density at radius 1 is 1.47 bits per heavy atom. The van der Waals surface area contributed by atoms with Gasteiger partial charge in [0.05, 0.1) is 11.7 Å². The Balaban J connectivity index is 2.58. The number of aromatic nitrogens is 2. The molecule has 1 aromatic heterocycles. The fraction of sp³-hybridized carbons (Fsp3) is 0.700. The first kappa shape index (κ1) is 14.2. The second-order valence-corrected chi connectivity index (χ2v) is 4.46. The Labute approximate surface area is 103 Å². The van der Waals surface area contributed by atoms with Crippen LogP contribution in [0.5, 0.6) is 0 Å². The molecule has 1 rings (SSSR count). The summed E-state index contributed by atoms with van der Waals surface area (Å²) in [5.41, 5.74) is 6.30. The van der Waals surface area contributed by atoms with Gasteiger partial charge >= 0.3 is 6.18 Å². The van der Waals surface area contributed by atoms with E-state index in [0.29, 0.717) is 23.0 Å². The maximum Gasteiger partial charge on any atom is 0.389 e. The number of anilines is 1. The molecule has 98 valence electrons. The fourth-order valence-corrected chi connectivity index (χ4v) is 1.73. The Kier molecular flexibility index (Phi) is 4.30. The van der Waals surface area contributed by atoms with E-state index < -0.39 is 12.6 Å². The summed E-state index contributed by atoms with van der Waals surface area (Å²) in [7, 11) is 0. The van der Waals surface area contributed by atoms with Crippen molar-refractivity contribution in [3.63, 3.8) is 0 Å². The predicted octanol–water partition coefficient (Wildman–Crippen LogP) is 3.72. The molecular weight excluding hydrogens is 255 g/mol. The van der Waals surface area contributed by atoms with E-state index in [1.807, 2.05) is 0 Å². The largest absolute Gasteiger partial charge is 0.389 e. The number of hydrogen-bond donors (Lipinski definition) is 1. The highest BCUT2D eigenvalue weighted by molar-refractivity contribution is 6.33. The number of aryl methyl sites for hydroxylation is 1. The van der Waals surface area contributed by atoms with Crippen molar-refractivity contribution in [1.82, 2.24) is 9.78 Å². The molecule has 0 fully saturated rings. The van der Waals surface area contributed by atoms with Gasteiger partial charge in [-0.05, 0) is 26.7 Å². The van der Waals surface area contributed by atoms with Crippen LogP contribution in [0.4, 0.5) is 19.0 Å². The lowest BCUT2D eigenvalue weighted by molar-refractivity contribution is -0.135. The van der Waals surface area contributed by atoms with Crippen molar-refractivity contribution in [3.8, 4) is 0 Å². The van der Waals surface area contributed by atoms with E-state index in [1.54, 1.807) is 13.8 Å². The molecular formula is C10H15ClF3N3. The Bertz CT molecular complexity index is 387. The third-order valence-corrected chi connectivity index (χ3v) is 3.01. The van der Waals surface area contributed by atoms with E-state index in [-0.39, 0.29) is 12.5 Å². The van der Waals surface area contributed by atoms with E-state index in [1.165, 1.54) is 4.68 Å². The van der Waals surface area contributed by atoms with E-state index in [2.05, 4.69) is 5.10 Å². The molecule has 1 aromatic rings. The molecule has 0 saturated carbocycles. The lowest BCUT2D eigenvalue weighted by Gasteiger charge is -2.14. The van der Waals surface area contributed by atoms with Crippen LogP contribution in [0.15, 0.2) is 0 Å². The highest BCUT2D eigenvalue weighted by atomic mass is 35.5. The van der Waals surface area contributed by atoms with Gasteiger partial charge in [0.25, 0.3) is 0 Å². The van der Waals surface area contributed by atoms with Gasteiger partial charge in [-0.3, -0.25) is 0 Å². The molecule has 0 aromatic carbocycles. The molecule has 0 spiro atoms. The molecule has 0 amide bonds. The number of halogens is 4. The van der Waals surface area contributed by atoms with Crippen molar-refractivity contribution < 1.29 is 13.2 Å². The Morgan fingerprint density at radius 2 is 2.06 bits per heavy atom. The van der Waals surface area contributed by atoms with Crippen LogP contribution in [0, 0.1) is 6.92 Å². The van der Waals surface area contributed by atoms with Crippen LogP contribution in [-0.4, -0.2) is 16.0 Å². The fourth-order valence-electron chi connectivity index (χ4n) is 1.60. The van der Waals surface area contributed by atoms with Crippen LogP contribution in [-0.2, 0) is 0 Å². The second-order valence-electron chi connectivity index (χ2n) is 4.09. The zero-order chi connectivity index (χ0) is 13.2. The SMILES string of the molecule is Cc1nn(C(C)CCCC(F)(F)F)c(N)c1Cl. The van der Waals surface area contributed by atoms with Crippen LogP contribution in [0.2, 0.25) is 5.02 Å². The molecule has 1 unspecified atom stereocenters. The molecule has 0 saturated heterocycles. The quantitative estimate of drug-likeness (QED) is 0.905. The first-order valence-corrected chi connectivity index (χ1v) is 5.67. The van der Waals surface area contributed by atoms with Crippen molar-refractivity contribution in [2.24, 2.45) is 0 Å². The monoisotopic (exact) mass is 269 g/mol. The van der Waals surface area contributed by atoms with Crippen molar-refractivity contribution >= 4 is 17.4 Å². The zero-order valence-electron chi connectivity index (χ0n) is 9.68. The summed E-state index contributed by atoms with van der Waals surface area (Å²) in [4.78, 5) is 0. The number of nitrogens with two attached hydrogens (primary N) is 1. The molecule has 0 aliphatic heterocycles. The van der Waals surface area contributed by atoms with Crippen LogP contribution >= 0.6 is 11.6 Å². The highest BCUT2D eigenvalue weighted by Gasteiger charge is 2.26. The van der Waals surface area contributed by atoms with Crippen molar-refractivity contribution in [3.05, 3.63) is 10.7 Å².